The number of nitrogens with two attached hydrogens (primary N) is 1. The third kappa shape index (κ3) is 12.3. The molecule has 0 saturated carbocycles. The molecule has 114 valence electrons. The predicted molar refractivity (Wildman–Crippen MR) is 69.6 cm³/mol. The summed E-state index contributed by atoms with van der Waals surface area (Å²) in [5, 5.41) is 42.4. The van der Waals surface area contributed by atoms with Gasteiger partial charge in [0.2, 0.25) is 0 Å². The topological polar surface area (TPSA) is 178 Å². The number of rotatable bonds is 7. The van der Waals surface area contributed by atoms with Crippen LogP contribution in [0.4, 0.5) is 0 Å². The number of aliphatic hydroxyl groups is 2. The zero-order chi connectivity index (χ0) is 15.6. The molecule has 1 unspecified atom stereocenters. The molecule has 10 heteroatoms. The van der Waals surface area contributed by atoms with E-state index in [1.54, 1.807) is 0 Å². The molecule has 0 aliphatic carbocycles. The Bertz CT molecular complexity index is 302. The van der Waals surface area contributed by atoms with Crippen molar-refractivity contribution >= 4 is 47.5 Å². The summed E-state index contributed by atoms with van der Waals surface area (Å²) < 4.78 is 0. The molecule has 0 heterocycles. The van der Waals surface area contributed by atoms with Gasteiger partial charge in [0, 0.05) is 6.54 Å². The van der Waals surface area contributed by atoms with E-state index in [9.17, 15) is 14.4 Å². The standard InChI is InChI=1S/C6H8O7.C4H11NO.Na.H/c7-3(8)1-6(13,5(11)12)2-4(9)10;1-2-4(6)3-5;;/h13H,1-2H2,(H,7,8)(H,9,10)(H,11,12);4,6H,2-3,5H2,1H3;;. The minimum absolute atomic E-state index is 0. The summed E-state index contributed by atoms with van der Waals surface area (Å²) in [4.78, 5) is 30.5. The number of hydrogen-bond donors (Lipinski definition) is 6. The number of aliphatic hydroxyl groups excluding tert-OH is 1. The molecule has 1 atom stereocenters. The third-order valence-corrected chi connectivity index (χ3v) is 2.03. The van der Waals surface area contributed by atoms with Crippen LogP contribution < -0.4 is 5.73 Å². The first-order valence-electron chi connectivity index (χ1n) is 5.36. The van der Waals surface area contributed by atoms with Crippen LogP contribution in [0.3, 0.4) is 0 Å². The van der Waals surface area contributed by atoms with Crippen molar-refractivity contribution in [3.05, 3.63) is 0 Å². The molecule has 0 bridgehead atoms. The molecule has 0 radical (unpaired) electrons. The quantitative estimate of drug-likeness (QED) is 0.285. The maximum atomic E-state index is 10.3. The Morgan fingerprint density at radius 2 is 1.45 bits per heavy atom. The molecule has 0 spiro atoms. The van der Waals surface area contributed by atoms with Gasteiger partial charge in [-0.25, -0.2) is 4.79 Å². The molecule has 0 aromatic carbocycles. The van der Waals surface area contributed by atoms with E-state index >= 15 is 0 Å². The predicted octanol–water partition coefficient (Wildman–Crippen LogP) is -2.18. The van der Waals surface area contributed by atoms with Gasteiger partial charge in [-0.3, -0.25) is 9.59 Å². The molecule has 0 fully saturated rings. The van der Waals surface area contributed by atoms with Gasteiger partial charge in [0.1, 0.15) is 0 Å². The first-order valence-corrected chi connectivity index (χ1v) is 5.36. The summed E-state index contributed by atoms with van der Waals surface area (Å²) in [6, 6.07) is 0. The average Bonchev–Trinajstić information content (AvgIpc) is 2.26. The Morgan fingerprint density at radius 1 is 1.10 bits per heavy atom. The Labute approximate surface area is 137 Å². The van der Waals surface area contributed by atoms with Crippen molar-refractivity contribution in [2.45, 2.75) is 37.9 Å². The van der Waals surface area contributed by atoms with Crippen LogP contribution in [0.5, 0.6) is 0 Å². The van der Waals surface area contributed by atoms with Gasteiger partial charge in [-0.2, -0.15) is 0 Å². The molecule has 0 aliphatic rings. The fraction of sp³-hybridized carbons (Fsp3) is 0.700. The normalized spacial score (nSPS) is 11.4. The molecule has 0 rings (SSSR count). The molecule has 7 N–H and O–H groups in total. The van der Waals surface area contributed by atoms with Gasteiger partial charge in [0.25, 0.3) is 0 Å². The van der Waals surface area contributed by atoms with E-state index in [4.69, 9.17) is 31.3 Å². The Hall–Kier alpha value is -0.710. The summed E-state index contributed by atoms with van der Waals surface area (Å²) in [5.41, 5.74) is 2.29. The summed E-state index contributed by atoms with van der Waals surface area (Å²) in [6.45, 7) is 2.29. The van der Waals surface area contributed by atoms with E-state index in [-0.39, 0.29) is 35.7 Å². The van der Waals surface area contributed by atoms with E-state index in [1.807, 2.05) is 6.92 Å². The van der Waals surface area contributed by atoms with Gasteiger partial charge in [-0.15, -0.1) is 0 Å². The van der Waals surface area contributed by atoms with Crippen molar-refractivity contribution in [3.8, 4) is 0 Å². The molecular weight excluding hydrogens is 285 g/mol. The van der Waals surface area contributed by atoms with Crippen LogP contribution in [0, 0.1) is 0 Å². The van der Waals surface area contributed by atoms with Crippen LogP contribution in [0.1, 0.15) is 26.2 Å². The first kappa shape index (κ1) is 24.3. The van der Waals surface area contributed by atoms with E-state index in [2.05, 4.69) is 0 Å². The van der Waals surface area contributed by atoms with Crippen molar-refractivity contribution in [2.24, 2.45) is 5.73 Å². The van der Waals surface area contributed by atoms with Crippen LogP contribution in [-0.4, -0.2) is 91.2 Å². The van der Waals surface area contributed by atoms with Crippen molar-refractivity contribution < 1.29 is 39.9 Å². The van der Waals surface area contributed by atoms with Crippen LogP contribution in [0.2, 0.25) is 0 Å². The zero-order valence-corrected chi connectivity index (χ0v) is 10.4. The molecule has 0 saturated heterocycles. The van der Waals surface area contributed by atoms with Crippen molar-refractivity contribution in [1.29, 1.82) is 0 Å². The number of hydrogen-bond acceptors (Lipinski definition) is 6. The van der Waals surface area contributed by atoms with Gasteiger partial charge in [0.15, 0.2) is 5.60 Å². The van der Waals surface area contributed by atoms with E-state index in [0.29, 0.717) is 6.54 Å². The summed E-state index contributed by atoms with van der Waals surface area (Å²) in [7, 11) is 0. The Morgan fingerprint density at radius 3 is 1.55 bits per heavy atom. The first-order chi connectivity index (χ1) is 8.58. The van der Waals surface area contributed by atoms with E-state index in [1.165, 1.54) is 0 Å². The summed E-state index contributed by atoms with van der Waals surface area (Å²) >= 11 is 0. The molecule has 20 heavy (non-hydrogen) atoms. The molecule has 0 aromatic heterocycles. The third-order valence-electron chi connectivity index (χ3n) is 2.03. The van der Waals surface area contributed by atoms with E-state index in [0.717, 1.165) is 6.42 Å². The minimum atomic E-state index is -2.74. The SMILES string of the molecule is CCC(O)CN.O=C(O)CC(O)(CC(=O)O)C(=O)O.[NaH]. The fourth-order valence-corrected chi connectivity index (χ4v) is 0.881. The van der Waals surface area contributed by atoms with Gasteiger partial charge < -0.3 is 31.3 Å². The summed E-state index contributed by atoms with van der Waals surface area (Å²) in [6.07, 6.45) is -1.82. The second kappa shape index (κ2) is 12.1. The van der Waals surface area contributed by atoms with Gasteiger partial charge >= 0.3 is 47.5 Å². The molecule has 0 aromatic rings. The Kier molecular flexibility index (Phi) is 14.7. The molecule has 9 nitrogen and oxygen atoms in total. The monoisotopic (exact) mass is 305 g/mol. The molecule has 0 amide bonds. The van der Waals surface area contributed by atoms with Gasteiger partial charge in [0.05, 0.1) is 18.9 Å². The van der Waals surface area contributed by atoms with Crippen LogP contribution >= 0.6 is 0 Å². The van der Waals surface area contributed by atoms with E-state index < -0.39 is 36.4 Å². The number of aliphatic carboxylic acids is 3. The Balaban J connectivity index is -0.000000352. The maximum absolute atomic E-state index is 10.3. The van der Waals surface area contributed by atoms with Crippen LogP contribution in [0.15, 0.2) is 0 Å². The number of carbonyl (C=O) groups is 3. The summed E-state index contributed by atoms with van der Waals surface area (Å²) in [5.74, 6) is -5.02. The van der Waals surface area contributed by atoms with Gasteiger partial charge in [-0.1, -0.05) is 6.92 Å². The van der Waals surface area contributed by atoms with Gasteiger partial charge in [-0.05, 0) is 6.42 Å². The van der Waals surface area contributed by atoms with Crippen molar-refractivity contribution in [2.75, 3.05) is 6.54 Å². The van der Waals surface area contributed by atoms with Crippen LogP contribution in [0.25, 0.3) is 0 Å². The van der Waals surface area contributed by atoms with Crippen LogP contribution in [-0.2, 0) is 14.4 Å². The number of carboxylic acid groups (broad SMARTS) is 3. The molecule has 0 aliphatic heterocycles. The van der Waals surface area contributed by atoms with Crippen molar-refractivity contribution in [3.63, 3.8) is 0 Å². The fourth-order valence-electron chi connectivity index (χ4n) is 0.881. The zero-order valence-electron chi connectivity index (χ0n) is 10.4. The second-order valence-electron chi connectivity index (χ2n) is 3.78. The second-order valence-corrected chi connectivity index (χ2v) is 3.78. The molecular formula is C10H20NNaO8. The van der Waals surface area contributed by atoms with Crippen molar-refractivity contribution in [1.82, 2.24) is 0 Å². The number of carboxylic acids is 3. The average molecular weight is 305 g/mol.